The molecule has 1 nitrogen and oxygen atoms in total. The molecule has 0 aliphatic rings. The SMILES string of the molecule is CC/C(C)=C/CC(=O)Sc1ccccc1. The number of hydrogen-bond acceptors (Lipinski definition) is 2. The first-order valence-corrected chi connectivity index (χ1v) is 5.95. The van der Waals surface area contributed by atoms with Crippen LogP contribution in [0, 0.1) is 0 Å². The minimum absolute atomic E-state index is 0.203. The summed E-state index contributed by atoms with van der Waals surface area (Å²) in [5.74, 6) is 0. The van der Waals surface area contributed by atoms with Crippen molar-refractivity contribution in [2.45, 2.75) is 31.6 Å². The Kier molecular flexibility index (Phi) is 5.19. The molecule has 0 radical (unpaired) electrons. The molecule has 15 heavy (non-hydrogen) atoms. The average molecular weight is 220 g/mol. The first-order chi connectivity index (χ1) is 7.22. The zero-order chi connectivity index (χ0) is 11.1. The summed E-state index contributed by atoms with van der Waals surface area (Å²) in [7, 11) is 0. The molecule has 1 aromatic rings. The zero-order valence-electron chi connectivity index (χ0n) is 9.19. The van der Waals surface area contributed by atoms with Crippen LogP contribution >= 0.6 is 11.8 Å². The van der Waals surface area contributed by atoms with Crippen molar-refractivity contribution in [2.75, 3.05) is 0 Å². The summed E-state index contributed by atoms with van der Waals surface area (Å²) in [6.07, 6.45) is 3.56. The van der Waals surface area contributed by atoms with Gasteiger partial charge in [0.2, 0.25) is 0 Å². The van der Waals surface area contributed by atoms with Gasteiger partial charge in [-0.1, -0.05) is 48.5 Å². The topological polar surface area (TPSA) is 17.1 Å². The molecule has 2 heteroatoms. The predicted octanol–water partition coefficient (Wildman–Crippen LogP) is 4.05. The maximum absolute atomic E-state index is 11.6. The van der Waals surface area contributed by atoms with Crippen molar-refractivity contribution in [3.8, 4) is 0 Å². The second-order valence-corrected chi connectivity index (χ2v) is 4.53. The van der Waals surface area contributed by atoms with E-state index in [1.807, 2.05) is 36.4 Å². The van der Waals surface area contributed by atoms with E-state index in [4.69, 9.17) is 0 Å². The van der Waals surface area contributed by atoms with Gasteiger partial charge >= 0.3 is 0 Å². The molecule has 80 valence electrons. The van der Waals surface area contributed by atoms with Crippen LogP contribution in [0.1, 0.15) is 26.7 Å². The first kappa shape index (κ1) is 12.1. The number of allylic oxidation sites excluding steroid dienone is 2. The van der Waals surface area contributed by atoms with Crippen LogP contribution < -0.4 is 0 Å². The molecule has 0 unspecified atom stereocenters. The Labute approximate surface area is 95.6 Å². The van der Waals surface area contributed by atoms with Crippen LogP contribution in [0.15, 0.2) is 46.9 Å². The second-order valence-electron chi connectivity index (χ2n) is 3.40. The van der Waals surface area contributed by atoms with E-state index in [9.17, 15) is 4.79 Å². The number of thioether (sulfide) groups is 1. The average Bonchev–Trinajstić information content (AvgIpc) is 2.27. The van der Waals surface area contributed by atoms with Gasteiger partial charge in [0.25, 0.3) is 0 Å². The van der Waals surface area contributed by atoms with Crippen molar-refractivity contribution < 1.29 is 4.79 Å². The second kappa shape index (κ2) is 6.46. The lowest BCUT2D eigenvalue weighted by Gasteiger charge is -1.98. The van der Waals surface area contributed by atoms with Gasteiger partial charge in [-0.25, -0.2) is 0 Å². The standard InChI is InChI=1S/C13H16OS/c1-3-11(2)9-10-13(14)15-12-7-5-4-6-8-12/h4-9H,3,10H2,1-2H3/b11-9+. The Bertz CT molecular complexity index is 341. The first-order valence-electron chi connectivity index (χ1n) is 5.13. The number of hydrogen-bond donors (Lipinski definition) is 0. The van der Waals surface area contributed by atoms with Gasteiger partial charge in [-0.2, -0.15) is 0 Å². The van der Waals surface area contributed by atoms with Crippen LogP contribution in [-0.4, -0.2) is 5.12 Å². The number of benzene rings is 1. The number of rotatable bonds is 4. The van der Waals surface area contributed by atoms with E-state index in [0.29, 0.717) is 6.42 Å². The minimum atomic E-state index is 0.203. The third-order valence-corrected chi connectivity index (χ3v) is 3.05. The Morgan fingerprint density at radius 2 is 2.00 bits per heavy atom. The van der Waals surface area contributed by atoms with E-state index in [1.54, 1.807) is 0 Å². The molecule has 0 bridgehead atoms. The Morgan fingerprint density at radius 3 is 2.60 bits per heavy atom. The van der Waals surface area contributed by atoms with Gasteiger partial charge < -0.3 is 0 Å². The third-order valence-electron chi connectivity index (χ3n) is 2.15. The van der Waals surface area contributed by atoms with Crippen LogP contribution in [-0.2, 0) is 4.79 Å². The molecule has 0 fully saturated rings. The predicted molar refractivity (Wildman–Crippen MR) is 66.0 cm³/mol. The maximum Gasteiger partial charge on any atom is 0.197 e. The highest BCUT2D eigenvalue weighted by Gasteiger charge is 2.01. The summed E-state index contributed by atoms with van der Waals surface area (Å²) < 4.78 is 0. The van der Waals surface area contributed by atoms with Gasteiger partial charge in [0.1, 0.15) is 0 Å². The highest BCUT2D eigenvalue weighted by molar-refractivity contribution is 8.13. The van der Waals surface area contributed by atoms with Crippen LogP contribution in [0.25, 0.3) is 0 Å². The van der Waals surface area contributed by atoms with Gasteiger partial charge in [0.05, 0.1) is 0 Å². The maximum atomic E-state index is 11.6. The Hall–Kier alpha value is -1.02. The van der Waals surface area contributed by atoms with E-state index in [-0.39, 0.29) is 5.12 Å². The van der Waals surface area contributed by atoms with E-state index in [2.05, 4.69) is 13.8 Å². The van der Waals surface area contributed by atoms with Crippen LogP contribution in [0.4, 0.5) is 0 Å². The molecule has 0 amide bonds. The van der Waals surface area contributed by atoms with E-state index in [1.165, 1.54) is 17.3 Å². The van der Waals surface area contributed by atoms with Crippen LogP contribution in [0.5, 0.6) is 0 Å². The van der Waals surface area contributed by atoms with Gasteiger partial charge in [0.15, 0.2) is 5.12 Å². The summed E-state index contributed by atoms with van der Waals surface area (Å²) >= 11 is 1.31. The van der Waals surface area contributed by atoms with Gasteiger partial charge in [-0.3, -0.25) is 4.79 Å². The fourth-order valence-electron chi connectivity index (χ4n) is 1.06. The Balaban J connectivity index is 2.44. The van der Waals surface area contributed by atoms with Crippen molar-refractivity contribution in [3.05, 3.63) is 42.0 Å². The van der Waals surface area contributed by atoms with Gasteiger partial charge in [-0.15, -0.1) is 0 Å². The molecule has 0 heterocycles. The molecule has 0 aromatic heterocycles. The summed E-state index contributed by atoms with van der Waals surface area (Å²) in [6.45, 7) is 4.15. The molecule has 0 atom stereocenters. The molecule has 0 aliphatic heterocycles. The van der Waals surface area contributed by atoms with Gasteiger partial charge in [-0.05, 0) is 25.5 Å². The normalized spacial score (nSPS) is 11.5. The fourth-order valence-corrected chi connectivity index (χ4v) is 1.79. The Morgan fingerprint density at radius 1 is 1.33 bits per heavy atom. The van der Waals surface area contributed by atoms with Crippen molar-refractivity contribution in [1.29, 1.82) is 0 Å². The molecule has 1 aromatic carbocycles. The van der Waals surface area contributed by atoms with E-state index < -0.39 is 0 Å². The van der Waals surface area contributed by atoms with E-state index >= 15 is 0 Å². The molecule has 0 spiro atoms. The molecule has 0 saturated heterocycles. The molecular weight excluding hydrogens is 204 g/mol. The summed E-state index contributed by atoms with van der Waals surface area (Å²) in [5.41, 5.74) is 1.28. The van der Waals surface area contributed by atoms with E-state index in [0.717, 1.165) is 11.3 Å². The highest BCUT2D eigenvalue weighted by Crippen LogP contribution is 2.19. The van der Waals surface area contributed by atoms with Crippen molar-refractivity contribution >= 4 is 16.9 Å². The third kappa shape index (κ3) is 4.84. The lowest BCUT2D eigenvalue weighted by molar-refractivity contribution is -0.110. The highest BCUT2D eigenvalue weighted by atomic mass is 32.2. The smallest absolute Gasteiger partial charge is 0.197 e. The quantitative estimate of drug-likeness (QED) is 0.562. The monoisotopic (exact) mass is 220 g/mol. The van der Waals surface area contributed by atoms with Gasteiger partial charge in [0, 0.05) is 11.3 Å². The van der Waals surface area contributed by atoms with Crippen LogP contribution in [0.2, 0.25) is 0 Å². The number of carbonyl (C=O) groups is 1. The van der Waals surface area contributed by atoms with Crippen molar-refractivity contribution in [2.24, 2.45) is 0 Å². The zero-order valence-corrected chi connectivity index (χ0v) is 10.0. The van der Waals surface area contributed by atoms with Crippen molar-refractivity contribution in [3.63, 3.8) is 0 Å². The largest absolute Gasteiger partial charge is 0.286 e. The molecule has 0 N–H and O–H groups in total. The minimum Gasteiger partial charge on any atom is -0.286 e. The number of carbonyl (C=O) groups excluding carboxylic acids is 1. The lowest BCUT2D eigenvalue weighted by Crippen LogP contribution is -1.89. The lowest BCUT2D eigenvalue weighted by atomic mass is 10.2. The van der Waals surface area contributed by atoms with Crippen molar-refractivity contribution in [1.82, 2.24) is 0 Å². The molecule has 0 aliphatic carbocycles. The fraction of sp³-hybridized carbons (Fsp3) is 0.308. The molecule has 0 saturated carbocycles. The molecule has 1 rings (SSSR count). The summed E-state index contributed by atoms with van der Waals surface area (Å²) in [6, 6.07) is 9.76. The van der Waals surface area contributed by atoms with Crippen LogP contribution in [0.3, 0.4) is 0 Å². The summed E-state index contributed by atoms with van der Waals surface area (Å²) in [5, 5.41) is 0.203. The summed E-state index contributed by atoms with van der Waals surface area (Å²) in [4.78, 5) is 12.6. The molecular formula is C13H16OS.